The highest BCUT2D eigenvalue weighted by molar-refractivity contribution is 8.00. The van der Waals surface area contributed by atoms with Crippen LogP contribution in [0.1, 0.15) is 52.9 Å². The molecule has 0 aliphatic carbocycles. The van der Waals surface area contributed by atoms with E-state index in [-0.39, 0.29) is 18.7 Å². The van der Waals surface area contributed by atoms with Gasteiger partial charge in [-0.1, -0.05) is 6.92 Å². The van der Waals surface area contributed by atoms with Crippen LogP contribution in [0, 0.1) is 0 Å². The summed E-state index contributed by atoms with van der Waals surface area (Å²) in [5.41, 5.74) is 9.22. The van der Waals surface area contributed by atoms with E-state index in [1.807, 2.05) is 12.2 Å². The summed E-state index contributed by atoms with van der Waals surface area (Å²) < 4.78 is 0. The van der Waals surface area contributed by atoms with Crippen molar-refractivity contribution < 1.29 is 29.1 Å². The second kappa shape index (κ2) is 14.8. The predicted octanol–water partition coefficient (Wildman–Crippen LogP) is 0.278. The average Bonchev–Trinajstić information content (AvgIpc) is 2.74. The molecule has 2 atom stereocenters. The van der Waals surface area contributed by atoms with Gasteiger partial charge in [-0.3, -0.25) is 19.7 Å². The van der Waals surface area contributed by atoms with Gasteiger partial charge in [0.05, 0.1) is 5.60 Å². The van der Waals surface area contributed by atoms with Gasteiger partial charge in [0.1, 0.15) is 6.04 Å². The Labute approximate surface area is 205 Å². The van der Waals surface area contributed by atoms with Crippen LogP contribution in [0.25, 0.3) is 0 Å². The van der Waals surface area contributed by atoms with Crippen LogP contribution in [0.4, 0.5) is 9.59 Å². The number of imide groups is 2. The SMILES string of the molecule is CCCC(=O)N(C)[C@H](SCCCCN)C(=O)N(C)[C@@H](CC(C)(C)O)C(=O)NC(=O)N(C)C(N)=O. The van der Waals surface area contributed by atoms with Gasteiger partial charge in [-0.25, -0.2) is 14.5 Å². The molecule has 7 amide bonds. The lowest BCUT2D eigenvalue weighted by molar-refractivity contribution is -0.145. The van der Waals surface area contributed by atoms with Crippen molar-refractivity contribution >= 4 is 41.5 Å². The van der Waals surface area contributed by atoms with Crippen molar-refractivity contribution in [3.05, 3.63) is 0 Å². The lowest BCUT2D eigenvalue weighted by Crippen LogP contribution is -2.57. The maximum atomic E-state index is 13.5. The number of nitrogens with zero attached hydrogens (tertiary/aromatic N) is 3. The van der Waals surface area contributed by atoms with Crippen LogP contribution in [0.2, 0.25) is 0 Å². The molecule has 12 nitrogen and oxygen atoms in total. The lowest BCUT2D eigenvalue weighted by atomic mass is 9.97. The van der Waals surface area contributed by atoms with Crippen LogP contribution >= 0.6 is 11.8 Å². The summed E-state index contributed by atoms with van der Waals surface area (Å²) in [4.78, 5) is 65.2. The van der Waals surface area contributed by atoms with Gasteiger partial charge in [-0.15, -0.1) is 11.8 Å². The summed E-state index contributed by atoms with van der Waals surface area (Å²) in [5.74, 6) is -1.09. The summed E-state index contributed by atoms with van der Waals surface area (Å²) >= 11 is 1.26. The molecule has 0 bridgehead atoms. The number of hydrogen-bond donors (Lipinski definition) is 4. The monoisotopic (exact) mass is 504 g/mol. The molecule has 0 aromatic carbocycles. The van der Waals surface area contributed by atoms with Crippen molar-refractivity contribution in [3.63, 3.8) is 0 Å². The number of carbonyl (C=O) groups excluding carboxylic acids is 5. The summed E-state index contributed by atoms with van der Waals surface area (Å²) in [6, 6.07) is -3.40. The van der Waals surface area contributed by atoms with Crippen LogP contribution < -0.4 is 16.8 Å². The zero-order chi connectivity index (χ0) is 26.6. The summed E-state index contributed by atoms with van der Waals surface area (Å²) in [5, 5.41) is 11.5. The van der Waals surface area contributed by atoms with Gasteiger partial charge >= 0.3 is 12.1 Å². The Kier molecular flexibility index (Phi) is 13.8. The zero-order valence-electron chi connectivity index (χ0n) is 21.0. The van der Waals surface area contributed by atoms with Crippen molar-refractivity contribution in [1.29, 1.82) is 0 Å². The van der Waals surface area contributed by atoms with Crippen molar-refractivity contribution in [2.75, 3.05) is 33.4 Å². The lowest BCUT2D eigenvalue weighted by Gasteiger charge is -2.36. The van der Waals surface area contributed by atoms with Gasteiger partial charge in [-0.2, -0.15) is 0 Å². The molecule has 0 fully saturated rings. The Hall–Kier alpha value is -2.38. The number of rotatable bonds is 13. The number of nitrogens with two attached hydrogens (primary N) is 2. The maximum absolute atomic E-state index is 13.5. The van der Waals surface area contributed by atoms with Crippen LogP contribution in [0.15, 0.2) is 0 Å². The number of likely N-dealkylation sites (N-methyl/N-ethyl adjacent to an activating group) is 2. The van der Waals surface area contributed by atoms with Gasteiger partial charge in [0.2, 0.25) is 5.91 Å². The van der Waals surface area contributed by atoms with E-state index < -0.39 is 40.9 Å². The van der Waals surface area contributed by atoms with E-state index in [1.165, 1.54) is 44.6 Å². The van der Waals surface area contributed by atoms with Crippen molar-refractivity contribution in [3.8, 4) is 0 Å². The third kappa shape index (κ3) is 10.7. The van der Waals surface area contributed by atoms with E-state index in [0.29, 0.717) is 23.6 Å². The number of amides is 7. The second-order valence-corrected chi connectivity index (χ2v) is 9.83. The van der Waals surface area contributed by atoms with Crippen LogP contribution in [-0.2, 0) is 14.4 Å². The first-order chi connectivity index (χ1) is 15.7. The molecule has 0 spiro atoms. The molecule has 0 aromatic heterocycles. The fourth-order valence-electron chi connectivity index (χ4n) is 2.89. The van der Waals surface area contributed by atoms with Gasteiger partial charge in [0.25, 0.3) is 11.8 Å². The van der Waals surface area contributed by atoms with Crippen molar-refractivity contribution in [2.24, 2.45) is 11.5 Å². The summed E-state index contributed by atoms with van der Waals surface area (Å²) in [6.45, 7) is 5.27. The number of unbranched alkanes of at least 4 members (excludes halogenated alkanes) is 1. The van der Waals surface area contributed by atoms with E-state index >= 15 is 0 Å². The zero-order valence-corrected chi connectivity index (χ0v) is 21.8. The van der Waals surface area contributed by atoms with Gasteiger partial charge in [0, 0.05) is 34.0 Å². The molecule has 0 aromatic rings. The molecule has 34 heavy (non-hydrogen) atoms. The van der Waals surface area contributed by atoms with Crippen LogP contribution in [0.5, 0.6) is 0 Å². The number of primary amides is 1. The third-order valence-electron chi connectivity index (χ3n) is 4.97. The van der Waals surface area contributed by atoms with E-state index in [1.54, 1.807) is 0 Å². The Morgan fingerprint density at radius 2 is 1.65 bits per heavy atom. The predicted molar refractivity (Wildman–Crippen MR) is 131 cm³/mol. The molecular weight excluding hydrogens is 464 g/mol. The number of aliphatic hydroxyl groups is 1. The minimum Gasteiger partial charge on any atom is -0.390 e. The smallest absolute Gasteiger partial charge is 0.331 e. The fourth-order valence-corrected chi connectivity index (χ4v) is 4.13. The molecule has 0 radical (unpaired) electrons. The van der Waals surface area contributed by atoms with Gasteiger partial charge in [0.15, 0.2) is 5.37 Å². The Bertz CT molecular complexity index is 729. The second-order valence-electron chi connectivity index (χ2n) is 8.65. The minimum absolute atomic E-state index is 0.203. The first-order valence-electron chi connectivity index (χ1n) is 11.1. The largest absolute Gasteiger partial charge is 0.390 e. The Morgan fingerprint density at radius 1 is 1.06 bits per heavy atom. The topological polar surface area (TPSA) is 179 Å². The number of carbonyl (C=O) groups is 5. The van der Waals surface area contributed by atoms with Crippen molar-refractivity contribution in [1.82, 2.24) is 20.0 Å². The van der Waals surface area contributed by atoms with Crippen LogP contribution in [-0.4, -0.2) is 100 Å². The first kappa shape index (κ1) is 31.6. The van der Waals surface area contributed by atoms with Gasteiger partial charge < -0.3 is 26.4 Å². The first-order valence-corrected chi connectivity index (χ1v) is 12.2. The molecule has 0 saturated heterocycles. The highest BCUT2D eigenvalue weighted by atomic mass is 32.2. The highest BCUT2D eigenvalue weighted by Crippen LogP contribution is 2.23. The molecule has 0 saturated carbocycles. The normalized spacial score (nSPS) is 12.9. The average molecular weight is 505 g/mol. The minimum atomic E-state index is -1.37. The molecule has 0 rings (SSSR count). The Morgan fingerprint density at radius 3 is 2.12 bits per heavy atom. The molecule has 0 aliphatic heterocycles. The van der Waals surface area contributed by atoms with Gasteiger partial charge in [-0.05, 0) is 45.4 Å². The summed E-state index contributed by atoms with van der Waals surface area (Å²) in [6.07, 6.45) is 2.17. The fraction of sp³-hybridized carbons (Fsp3) is 0.762. The van der Waals surface area contributed by atoms with E-state index in [4.69, 9.17) is 11.5 Å². The molecule has 196 valence electrons. The molecule has 13 heteroatoms. The number of hydrogen-bond acceptors (Lipinski definition) is 8. The number of urea groups is 2. The van der Waals surface area contributed by atoms with Crippen LogP contribution in [0.3, 0.4) is 0 Å². The standard InChI is InChI=1S/C21H40N6O6S/c1-7-10-15(28)26(5)18(34-12-9-8-11-22)17(30)25(4)14(13-21(2,3)33)16(29)24-20(32)27(6)19(23)31/h14,18,33H,7-13,22H2,1-6H3,(H2,23,31)(H,24,29,32)/t14-,18+/m0/s1. The van der Waals surface area contributed by atoms with E-state index in [2.05, 4.69) is 0 Å². The Balaban J connectivity index is 5.88. The highest BCUT2D eigenvalue weighted by Gasteiger charge is 2.38. The summed E-state index contributed by atoms with van der Waals surface area (Å²) in [7, 11) is 3.99. The number of thioether (sulfide) groups is 1. The molecule has 6 N–H and O–H groups in total. The number of nitrogens with one attached hydrogen (secondary N) is 1. The molecular formula is C21H40N6O6S. The molecule has 0 heterocycles. The molecule has 0 unspecified atom stereocenters. The van der Waals surface area contributed by atoms with E-state index in [0.717, 1.165) is 24.8 Å². The van der Waals surface area contributed by atoms with E-state index in [9.17, 15) is 29.1 Å². The molecule has 0 aliphatic rings. The quantitative estimate of drug-likeness (QED) is 0.204. The van der Waals surface area contributed by atoms with Crippen molar-refractivity contribution in [2.45, 2.75) is 69.9 Å². The maximum Gasteiger partial charge on any atom is 0.331 e. The third-order valence-corrected chi connectivity index (χ3v) is 6.33.